The molecule has 0 aromatic rings. The first kappa shape index (κ1) is 26.0. The van der Waals surface area contributed by atoms with Crippen molar-refractivity contribution in [1.82, 2.24) is 0 Å². The fraction of sp³-hybridized carbons (Fsp3) is 0. The smallest absolute Gasteiger partial charge is 0.328 e. The molecule has 0 aliphatic rings. The molecule has 0 spiro atoms. The van der Waals surface area contributed by atoms with Gasteiger partial charge in [-0.15, -0.1) is 0 Å². The van der Waals surface area contributed by atoms with E-state index in [1.807, 2.05) is 0 Å². The van der Waals surface area contributed by atoms with Gasteiger partial charge in [0.2, 0.25) is 0 Å². The van der Waals surface area contributed by atoms with Crippen molar-refractivity contribution < 1.29 is 39.6 Å². The van der Waals surface area contributed by atoms with Crippen molar-refractivity contribution in [2.24, 2.45) is 0 Å². The molecule has 2 radical (unpaired) electrons. The molecule has 0 bridgehead atoms. The zero-order valence-corrected chi connectivity index (χ0v) is 13.7. The molecule has 0 amide bonds. The van der Waals surface area contributed by atoms with Crippen LogP contribution in [0.15, 0.2) is 24.3 Å². The van der Waals surface area contributed by atoms with Gasteiger partial charge in [-0.1, -0.05) is 0 Å². The summed E-state index contributed by atoms with van der Waals surface area (Å²) in [6.07, 6.45) is 2.23. The van der Waals surface area contributed by atoms with Crippen molar-refractivity contribution in [2.75, 3.05) is 0 Å². The molecule has 0 rings (SSSR count). The second kappa shape index (κ2) is 16.4. The van der Waals surface area contributed by atoms with Gasteiger partial charge >= 0.3 is 23.9 Å². The third-order valence-corrected chi connectivity index (χ3v) is 0.737. The van der Waals surface area contributed by atoms with Crippen LogP contribution < -0.4 is 0 Å². The Labute approximate surface area is 146 Å². The molecule has 4 N–H and O–H groups in total. The maximum absolute atomic E-state index is 9.55. The van der Waals surface area contributed by atoms with E-state index in [0.717, 1.165) is 0 Å². The number of aliphatic carboxylic acids is 4. The van der Waals surface area contributed by atoms with E-state index in [1.54, 1.807) is 0 Å². The van der Waals surface area contributed by atoms with E-state index >= 15 is 0 Å². The molecule has 0 unspecified atom stereocenters. The summed E-state index contributed by atoms with van der Waals surface area (Å²) in [5.41, 5.74) is 0. The number of hydrogen-bond acceptors (Lipinski definition) is 4. The van der Waals surface area contributed by atoms with Crippen LogP contribution in [0.1, 0.15) is 0 Å². The number of rotatable bonds is 4. The summed E-state index contributed by atoms with van der Waals surface area (Å²) < 4.78 is 0. The molecular formula is C8H8Na2O8. The maximum atomic E-state index is 9.55. The van der Waals surface area contributed by atoms with Crippen LogP contribution in [-0.4, -0.2) is 103 Å². The molecule has 0 aromatic carbocycles. The van der Waals surface area contributed by atoms with E-state index < -0.39 is 23.9 Å². The molecule has 0 saturated carbocycles. The second-order valence-electron chi connectivity index (χ2n) is 2.02. The molecule has 0 aromatic heterocycles. The van der Waals surface area contributed by atoms with Gasteiger partial charge in [-0.05, 0) is 0 Å². The van der Waals surface area contributed by atoms with Crippen LogP contribution in [0.5, 0.6) is 0 Å². The second-order valence-corrected chi connectivity index (χ2v) is 2.02. The van der Waals surface area contributed by atoms with Gasteiger partial charge in [-0.25, -0.2) is 19.2 Å². The minimum atomic E-state index is -1.26. The number of carboxylic acids is 4. The number of hydrogen-bond donors (Lipinski definition) is 4. The molecule has 0 saturated heterocycles. The fourth-order valence-electron chi connectivity index (χ4n) is 0.285. The van der Waals surface area contributed by atoms with Crippen LogP contribution in [0, 0.1) is 0 Å². The molecule has 0 fully saturated rings. The average molecular weight is 278 g/mol. The van der Waals surface area contributed by atoms with Crippen molar-refractivity contribution in [3.63, 3.8) is 0 Å². The van der Waals surface area contributed by atoms with Gasteiger partial charge in [-0.3, -0.25) is 0 Å². The molecule has 8 nitrogen and oxygen atoms in total. The Balaban J connectivity index is -0.0000000980. The molecule has 18 heavy (non-hydrogen) atoms. The van der Waals surface area contributed by atoms with Crippen LogP contribution in [0.3, 0.4) is 0 Å². The van der Waals surface area contributed by atoms with Crippen molar-refractivity contribution >= 4 is 83.0 Å². The summed E-state index contributed by atoms with van der Waals surface area (Å²) in [5, 5.41) is 31.2. The van der Waals surface area contributed by atoms with Gasteiger partial charge < -0.3 is 20.4 Å². The molecule has 90 valence electrons. The van der Waals surface area contributed by atoms with Crippen molar-refractivity contribution in [3.05, 3.63) is 24.3 Å². The van der Waals surface area contributed by atoms with Gasteiger partial charge in [0.05, 0.1) is 0 Å². The largest absolute Gasteiger partial charge is 0.478 e. The summed E-state index contributed by atoms with van der Waals surface area (Å²) in [6.45, 7) is 0. The minimum absolute atomic E-state index is 0. The SMILES string of the molecule is O=C(O)C=CC(=O)O.O=C(O)C=CC(=O)O.[Na].[Na]. The fourth-order valence-corrected chi connectivity index (χ4v) is 0.285. The van der Waals surface area contributed by atoms with Crippen LogP contribution in [0.2, 0.25) is 0 Å². The van der Waals surface area contributed by atoms with Crippen LogP contribution in [0.25, 0.3) is 0 Å². The van der Waals surface area contributed by atoms with Crippen molar-refractivity contribution in [3.8, 4) is 0 Å². The maximum Gasteiger partial charge on any atom is 0.328 e. The topological polar surface area (TPSA) is 149 Å². The van der Waals surface area contributed by atoms with E-state index in [4.69, 9.17) is 20.4 Å². The summed E-state index contributed by atoms with van der Waals surface area (Å²) in [5.74, 6) is -5.03. The Kier molecular flexibility index (Phi) is 23.7. The first-order chi connectivity index (χ1) is 7.25. The third-order valence-electron chi connectivity index (χ3n) is 0.737. The Hall–Kier alpha value is -0.640. The Bertz CT molecular complexity index is 281. The zero-order valence-electron chi connectivity index (χ0n) is 9.73. The van der Waals surface area contributed by atoms with Crippen LogP contribution >= 0.6 is 0 Å². The molecular weight excluding hydrogens is 270 g/mol. The van der Waals surface area contributed by atoms with Crippen molar-refractivity contribution in [2.45, 2.75) is 0 Å². The molecule has 0 atom stereocenters. The van der Waals surface area contributed by atoms with E-state index in [2.05, 4.69) is 0 Å². The quantitative estimate of drug-likeness (QED) is 0.364. The standard InChI is InChI=1S/2C4H4O4.2Na/c2*5-3(6)1-2-4(7)8;;/h2*1-2H,(H,5,6)(H,7,8);;. The first-order valence-electron chi connectivity index (χ1n) is 3.53. The number of carbonyl (C=O) groups is 4. The van der Waals surface area contributed by atoms with Crippen LogP contribution in [0.4, 0.5) is 0 Å². The minimum Gasteiger partial charge on any atom is -0.478 e. The van der Waals surface area contributed by atoms with Crippen LogP contribution in [-0.2, 0) is 19.2 Å². The monoisotopic (exact) mass is 278 g/mol. The van der Waals surface area contributed by atoms with E-state index in [-0.39, 0.29) is 59.1 Å². The van der Waals surface area contributed by atoms with Gasteiger partial charge in [0.15, 0.2) is 0 Å². The summed E-state index contributed by atoms with van der Waals surface area (Å²) in [6, 6.07) is 0. The van der Waals surface area contributed by atoms with Gasteiger partial charge in [-0.2, -0.15) is 0 Å². The Morgan fingerprint density at radius 1 is 0.500 bits per heavy atom. The molecule has 0 aliphatic carbocycles. The first-order valence-corrected chi connectivity index (χ1v) is 3.53. The summed E-state index contributed by atoms with van der Waals surface area (Å²) in [7, 11) is 0. The van der Waals surface area contributed by atoms with E-state index in [1.165, 1.54) is 0 Å². The normalized spacial score (nSPS) is 8.44. The van der Waals surface area contributed by atoms with E-state index in [0.29, 0.717) is 24.3 Å². The van der Waals surface area contributed by atoms with Gasteiger partial charge in [0.1, 0.15) is 0 Å². The van der Waals surface area contributed by atoms with Gasteiger partial charge in [0.25, 0.3) is 0 Å². The predicted molar refractivity (Wildman–Crippen MR) is 60.3 cm³/mol. The molecule has 10 heteroatoms. The predicted octanol–water partition coefficient (Wildman–Crippen LogP) is -1.34. The zero-order chi connectivity index (χ0) is 13.1. The average Bonchev–Trinajstić information content (AvgIpc) is 2.12. The van der Waals surface area contributed by atoms with Crippen molar-refractivity contribution in [1.29, 1.82) is 0 Å². The Morgan fingerprint density at radius 2 is 0.611 bits per heavy atom. The summed E-state index contributed by atoms with van der Waals surface area (Å²) in [4.78, 5) is 38.2. The van der Waals surface area contributed by atoms with E-state index in [9.17, 15) is 19.2 Å². The Morgan fingerprint density at radius 3 is 0.667 bits per heavy atom. The summed E-state index contributed by atoms with van der Waals surface area (Å²) >= 11 is 0. The third kappa shape index (κ3) is 36.2. The number of carboxylic acid groups (broad SMARTS) is 4. The molecule has 0 aliphatic heterocycles. The van der Waals surface area contributed by atoms with Gasteiger partial charge in [0, 0.05) is 83.4 Å². The molecule has 0 heterocycles.